The van der Waals surface area contributed by atoms with Crippen LogP contribution in [0.4, 0.5) is 0 Å². The highest BCUT2D eigenvalue weighted by molar-refractivity contribution is 5.72. The molecule has 4 heteroatoms. The summed E-state index contributed by atoms with van der Waals surface area (Å²) >= 11 is 0. The second-order valence-corrected chi connectivity index (χ2v) is 3.30. The monoisotopic (exact) mass is 172 g/mol. The van der Waals surface area contributed by atoms with Gasteiger partial charge in [0, 0.05) is 5.92 Å². The van der Waals surface area contributed by atoms with E-state index in [1.807, 2.05) is 6.92 Å². The van der Waals surface area contributed by atoms with Crippen molar-refractivity contribution in [3.8, 4) is 0 Å². The highest BCUT2D eigenvalue weighted by Gasteiger charge is 2.50. The fraction of sp³-hybridized carbons (Fsp3) is 0.875. The van der Waals surface area contributed by atoms with Gasteiger partial charge in [0.15, 0.2) is 12.4 Å². The van der Waals surface area contributed by atoms with E-state index in [1.165, 1.54) is 0 Å². The van der Waals surface area contributed by atoms with Gasteiger partial charge < -0.3 is 14.6 Å². The Hall–Kier alpha value is -0.610. The van der Waals surface area contributed by atoms with Crippen LogP contribution in [0.3, 0.4) is 0 Å². The standard InChI is InChI=1S/C8H12O4/c1-2-5-4-3-6(9)12-7(4)8(10)11-5/h4-5,7-8,10H,2-3H2,1H3. The van der Waals surface area contributed by atoms with Gasteiger partial charge in [-0.1, -0.05) is 6.92 Å². The first kappa shape index (κ1) is 8.01. The number of fused-ring (bicyclic) bond motifs is 1. The maximum atomic E-state index is 10.9. The summed E-state index contributed by atoms with van der Waals surface area (Å²) in [6, 6.07) is 0. The number of aliphatic hydroxyl groups is 1. The van der Waals surface area contributed by atoms with Gasteiger partial charge in [-0.2, -0.15) is 0 Å². The van der Waals surface area contributed by atoms with Gasteiger partial charge in [0.1, 0.15) is 0 Å². The molecule has 0 aliphatic carbocycles. The summed E-state index contributed by atoms with van der Waals surface area (Å²) < 4.78 is 10.1. The number of rotatable bonds is 1. The Morgan fingerprint density at radius 3 is 3.08 bits per heavy atom. The molecule has 2 fully saturated rings. The maximum Gasteiger partial charge on any atom is 0.306 e. The van der Waals surface area contributed by atoms with Crippen molar-refractivity contribution in [3.05, 3.63) is 0 Å². The number of carbonyl (C=O) groups is 1. The van der Waals surface area contributed by atoms with E-state index in [9.17, 15) is 9.90 Å². The predicted molar refractivity (Wildman–Crippen MR) is 39.2 cm³/mol. The lowest BCUT2D eigenvalue weighted by Crippen LogP contribution is -2.24. The van der Waals surface area contributed by atoms with Gasteiger partial charge >= 0.3 is 5.97 Å². The number of hydrogen-bond donors (Lipinski definition) is 1. The Bertz CT molecular complexity index is 203. The van der Waals surface area contributed by atoms with E-state index in [0.29, 0.717) is 6.42 Å². The van der Waals surface area contributed by atoms with Crippen LogP contribution < -0.4 is 0 Å². The molecule has 0 spiro atoms. The first-order valence-electron chi connectivity index (χ1n) is 4.25. The van der Waals surface area contributed by atoms with Crippen molar-refractivity contribution < 1.29 is 19.4 Å². The van der Waals surface area contributed by atoms with E-state index >= 15 is 0 Å². The van der Waals surface area contributed by atoms with Gasteiger partial charge in [0.2, 0.25) is 0 Å². The molecule has 2 aliphatic rings. The second-order valence-electron chi connectivity index (χ2n) is 3.30. The number of ether oxygens (including phenoxy) is 2. The Kier molecular flexibility index (Phi) is 1.81. The molecule has 4 unspecified atom stereocenters. The Morgan fingerprint density at radius 1 is 1.67 bits per heavy atom. The van der Waals surface area contributed by atoms with Crippen molar-refractivity contribution >= 4 is 5.97 Å². The van der Waals surface area contributed by atoms with Crippen LogP contribution in [0.1, 0.15) is 19.8 Å². The predicted octanol–water partition coefficient (Wildman–Crippen LogP) is 0.0453. The molecular weight excluding hydrogens is 160 g/mol. The number of aliphatic hydroxyl groups excluding tert-OH is 1. The Balaban J connectivity index is 2.13. The molecule has 0 aromatic carbocycles. The van der Waals surface area contributed by atoms with Crippen LogP contribution in [0.25, 0.3) is 0 Å². The molecule has 0 aromatic rings. The molecule has 0 bridgehead atoms. The summed E-state index contributed by atoms with van der Waals surface area (Å²) in [5, 5.41) is 9.32. The molecule has 68 valence electrons. The average molecular weight is 172 g/mol. The fourth-order valence-corrected chi connectivity index (χ4v) is 1.96. The van der Waals surface area contributed by atoms with Crippen molar-refractivity contribution in [2.75, 3.05) is 0 Å². The van der Waals surface area contributed by atoms with Gasteiger partial charge in [0.25, 0.3) is 0 Å². The molecule has 1 N–H and O–H groups in total. The van der Waals surface area contributed by atoms with Gasteiger partial charge in [-0.3, -0.25) is 4.79 Å². The third-order valence-electron chi connectivity index (χ3n) is 2.57. The topological polar surface area (TPSA) is 55.8 Å². The molecule has 4 atom stereocenters. The van der Waals surface area contributed by atoms with Crippen LogP contribution in [0.15, 0.2) is 0 Å². The first-order valence-corrected chi connectivity index (χ1v) is 4.25. The molecule has 2 rings (SSSR count). The summed E-state index contributed by atoms with van der Waals surface area (Å²) in [5.74, 6) is -0.150. The lowest BCUT2D eigenvalue weighted by molar-refractivity contribution is -0.165. The van der Waals surface area contributed by atoms with Gasteiger partial charge in [-0.05, 0) is 6.42 Å². The highest BCUT2D eigenvalue weighted by Crippen LogP contribution is 2.37. The summed E-state index contributed by atoms with van der Waals surface area (Å²) in [6.07, 6.45) is -0.139. The molecule has 4 nitrogen and oxygen atoms in total. The normalized spacial score (nSPS) is 46.0. The lowest BCUT2D eigenvalue weighted by Gasteiger charge is -2.10. The highest BCUT2D eigenvalue weighted by atomic mass is 16.7. The minimum absolute atomic E-state index is 0.0172. The fourth-order valence-electron chi connectivity index (χ4n) is 1.96. The summed E-state index contributed by atoms with van der Waals surface area (Å²) in [5.41, 5.74) is 0. The Labute approximate surface area is 70.5 Å². The van der Waals surface area contributed by atoms with E-state index in [2.05, 4.69) is 0 Å². The number of carbonyl (C=O) groups excluding carboxylic acids is 1. The third kappa shape index (κ3) is 1.03. The Morgan fingerprint density at radius 2 is 2.42 bits per heavy atom. The zero-order valence-electron chi connectivity index (χ0n) is 6.90. The van der Waals surface area contributed by atoms with Crippen LogP contribution in [0.2, 0.25) is 0 Å². The van der Waals surface area contributed by atoms with Gasteiger partial charge in [-0.15, -0.1) is 0 Å². The molecule has 12 heavy (non-hydrogen) atoms. The summed E-state index contributed by atoms with van der Waals surface area (Å²) in [7, 11) is 0. The molecule has 2 saturated heterocycles. The van der Waals surface area contributed by atoms with Crippen LogP contribution in [-0.2, 0) is 14.3 Å². The van der Waals surface area contributed by atoms with Gasteiger partial charge in [0.05, 0.1) is 12.5 Å². The molecule has 0 saturated carbocycles. The minimum atomic E-state index is -0.911. The van der Waals surface area contributed by atoms with Crippen molar-refractivity contribution in [2.24, 2.45) is 5.92 Å². The lowest BCUT2D eigenvalue weighted by atomic mass is 9.96. The number of esters is 1. The molecule has 0 radical (unpaired) electrons. The van der Waals surface area contributed by atoms with Crippen molar-refractivity contribution in [1.29, 1.82) is 0 Å². The van der Waals surface area contributed by atoms with Crippen molar-refractivity contribution in [1.82, 2.24) is 0 Å². The molecule has 0 aromatic heterocycles. The molecule has 0 amide bonds. The SMILES string of the molecule is CCC1OC(O)C2OC(=O)CC12. The van der Waals surface area contributed by atoms with Gasteiger partial charge in [-0.25, -0.2) is 0 Å². The quantitative estimate of drug-likeness (QED) is 0.567. The van der Waals surface area contributed by atoms with E-state index < -0.39 is 12.4 Å². The van der Waals surface area contributed by atoms with E-state index in [0.717, 1.165) is 6.42 Å². The van der Waals surface area contributed by atoms with Crippen LogP contribution in [0, 0.1) is 5.92 Å². The van der Waals surface area contributed by atoms with E-state index in [-0.39, 0.29) is 18.0 Å². The van der Waals surface area contributed by atoms with Crippen LogP contribution in [0.5, 0.6) is 0 Å². The molecule has 2 aliphatic heterocycles. The first-order chi connectivity index (χ1) is 5.72. The summed E-state index contributed by atoms with van der Waals surface area (Å²) in [6.45, 7) is 1.97. The number of hydrogen-bond acceptors (Lipinski definition) is 4. The average Bonchev–Trinajstić information content (AvgIpc) is 2.52. The summed E-state index contributed by atoms with van der Waals surface area (Å²) in [4.78, 5) is 10.9. The van der Waals surface area contributed by atoms with Crippen LogP contribution in [-0.4, -0.2) is 29.6 Å². The zero-order chi connectivity index (χ0) is 8.72. The second kappa shape index (κ2) is 2.71. The third-order valence-corrected chi connectivity index (χ3v) is 2.57. The molecule has 2 heterocycles. The van der Waals surface area contributed by atoms with Crippen molar-refractivity contribution in [2.45, 2.75) is 38.3 Å². The zero-order valence-corrected chi connectivity index (χ0v) is 6.90. The molecular formula is C8H12O4. The smallest absolute Gasteiger partial charge is 0.306 e. The van der Waals surface area contributed by atoms with E-state index in [1.54, 1.807) is 0 Å². The van der Waals surface area contributed by atoms with Crippen molar-refractivity contribution in [3.63, 3.8) is 0 Å². The van der Waals surface area contributed by atoms with Crippen LogP contribution >= 0.6 is 0 Å². The van der Waals surface area contributed by atoms with E-state index in [4.69, 9.17) is 9.47 Å². The maximum absolute atomic E-state index is 10.9. The largest absolute Gasteiger partial charge is 0.457 e. The minimum Gasteiger partial charge on any atom is -0.457 e.